The van der Waals surface area contributed by atoms with Crippen LogP contribution in [0.1, 0.15) is 80.6 Å². The van der Waals surface area contributed by atoms with Crippen LogP contribution in [0.2, 0.25) is 0 Å². The number of carbonyl (C=O) groups excluding carboxylic acids is 2. The van der Waals surface area contributed by atoms with Crippen molar-refractivity contribution in [2.24, 2.45) is 17.8 Å². The van der Waals surface area contributed by atoms with Crippen molar-refractivity contribution in [2.45, 2.75) is 121 Å². The van der Waals surface area contributed by atoms with E-state index in [2.05, 4.69) is 22.6 Å². The molecule has 0 saturated carbocycles. The summed E-state index contributed by atoms with van der Waals surface area (Å²) in [7, 11) is 0. The fourth-order valence-corrected chi connectivity index (χ4v) is 5.42. The van der Waals surface area contributed by atoms with Gasteiger partial charge in [0.25, 0.3) is 0 Å². The predicted octanol–water partition coefficient (Wildman–Crippen LogP) is 4.42. The third-order valence-electron chi connectivity index (χ3n) is 7.37. The molecule has 0 aromatic rings. The molecule has 39 heavy (non-hydrogen) atoms. The molecule has 0 fully saturated rings. The third kappa shape index (κ3) is 12.4. The second-order valence-corrected chi connectivity index (χ2v) is 12.7. The molecule has 0 saturated heterocycles. The van der Waals surface area contributed by atoms with Crippen LogP contribution in [0.5, 0.6) is 0 Å². The zero-order valence-electron chi connectivity index (χ0n) is 24.4. The largest absolute Gasteiger partial charge is 0.457 e. The molecular weight excluding hydrogens is 615 g/mol. The smallest absolute Gasteiger partial charge is 0.309 e. The highest BCUT2D eigenvalue weighted by Gasteiger charge is 2.35. The van der Waals surface area contributed by atoms with Crippen molar-refractivity contribution in [1.82, 2.24) is 0 Å². The van der Waals surface area contributed by atoms with Gasteiger partial charge in [-0.05, 0) is 63.0 Å². The topological polar surface area (TPSA) is 134 Å². The Labute approximate surface area is 247 Å². The van der Waals surface area contributed by atoms with Crippen molar-refractivity contribution in [3.05, 3.63) is 36.0 Å². The zero-order valence-corrected chi connectivity index (χ0v) is 26.6. The summed E-state index contributed by atoms with van der Waals surface area (Å²) in [6.45, 7) is 12.4. The van der Waals surface area contributed by atoms with Gasteiger partial charge in [-0.1, -0.05) is 74.6 Å². The number of rotatable bonds is 10. The Morgan fingerprint density at radius 1 is 1.26 bits per heavy atom. The Balaban J connectivity index is 3.07. The molecule has 9 heteroatoms. The maximum absolute atomic E-state index is 12.6. The number of allylic oxidation sites excluding steroid dienone is 3. The van der Waals surface area contributed by atoms with Crippen molar-refractivity contribution in [2.75, 3.05) is 0 Å². The zero-order chi connectivity index (χ0) is 29.9. The monoisotopic (exact) mass is 664 g/mol. The van der Waals surface area contributed by atoms with Crippen molar-refractivity contribution in [3.8, 4) is 0 Å². The average molecular weight is 665 g/mol. The SMILES string of the molecule is CCC(O)C(C)C(I)C(O)CC(C)/C=C/C=C(\C)C1OC(=O)CC(O)CCC(C)(O)C(OC(C)=O)/C=C\C1C. The average Bonchev–Trinajstić information content (AvgIpc) is 2.85. The Bertz CT molecular complexity index is 867. The highest BCUT2D eigenvalue weighted by molar-refractivity contribution is 14.1. The molecule has 0 spiro atoms. The highest BCUT2D eigenvalue weighted by Crippen LogP contribution is 2.28. The molecule has 10 atom stereocenters. The predicted molar refractivity (Wildman–Crippen MR) is 160 cm³/mol. The van der Waals surface area contributed by atoms with Crippen molar-refractivity contribution < 1.29 is 39.5 Å². The Morgan fingerprint density at radius 3 is 2.49 bits per heavy atom. The Hall–Kier alpha value is -1.27. The summed E-state index contributed by atoms with van der Waals surface area (Å²) in [4.78, 5) is 24.3. The van der Waals surface area contributed by atoms with Crippen LogP contribution in [-0.2, 0) is 19.1 Å². The fraction of sp³-hybridized carbons (Fsp3) is 0.733. The molecule has 10 unspecified atom stereocenters. The van der Waals surface area contributed by atoms with Crippen LogP contribution < -0.4 is 0 Å². The van der Waals surface area contributed by atoms with Gasteiger partial charge in [-0.3, -0.25) is 9.59 Å². The molecule has 8 nitrogen and oxygen atoms in total. The lowest BCUT2D eigenvalue weighted by atomic mass is 9.88. The summed E-state index contributed by atoms with van der Waals surface area (Å²) in [5, 5.41) is 42.1. The van der Waals surface area contributed by atoms with Gasteiger partial charge in [0.15, 0.2) is 0 Å². The normalized spacial score (nSPS) is 32.2. The molecule has 0 aromatic heterocycles. The molecular formula is C30H49IO8. The standard InChI is InChI=1S/C30H49IO8/c1-8-24(34)21(5)28(31)25(35)16-18(2)10-9-11-19(3)29-20(4)12-13-26(38-22(6)32)30(7,37)15-14-23(33)17-27(36)39-29/h9-13,18,20-21,23-26,28-29,33-35,37H,8,14-17H2,1-7H3/b10-9+,13-12-,19-11+. The second-order valence-electron chi connectivity index (χ2n) is 11.3. The summed E-state index contributed by atoms with van der Waals surface area (Å²) in [6, 6.07) is 0. The summed E-state index contributed by atoms with van der Waals surface area (Å²) >= 11 is 2.21. The number of aliphatic hydroxyl groups excluding tert-OH is 3. The van der Waals surface area contributed by atoms with Gasteiger partial charge in [-0.25, -0.2) is 0 Å². The molecule has 1 rings (SSSR count). The van der Waals surface area contributed by atoms with E-state index in [1.165, 1.54) is 6.92 Å². The van der Waals surface area contributed by atoms with E-state index in [9.17, 15) is 30.0 Å². The molecule has 224 valence electrons. The second kappa shape index (κ2) is 16.9. The molecule has 0 aliphatic carbocycles. The third-order valence-corrected chi connectivity index (χ3v) is 9.34. The first-order chi connectivity index (χ1) is 18.1. The van der Waals surface area contributed by atoms with Crippen molar-refractivity contribution in [3.63, 3.8) is 0 Å². The van der Waals surface area contributed by atoms with E-state index in [0.717, 1.165) is 5.57 Å². The minimum absolute atomic E-state index is 0.0168. The number of esters is 2. The number of cyclic esters (lactones) is 1. The maximum Gasteiger partial charge on any atom is 0.309 e. The number of ether oxygens (including phenoxy) is 2. The lowest BCUT2D eigenvalue weighted by Crippen LogP contribution is -2.42. The van der Waals surface area contributed by atoms with Gasteiger partial charge in [-0.15, -0.1) is 0 Å². The molecule has 1 aliphatic heterocycles. The van der Waals surface area contributed by atoms with Gasteiger partial charge in [0, 0.05) is 16.8 Å². The molecule has 0 aromatic carbocycles. The first-order valence-corrected chi connectivity index (χ1v) is 15.1. The van der Waals surface area contributed by atoms with Gasteiger partial charge in [0.2, 0.25) is 0 Å². The number of halogens is 1. The Morgan fingerprint density at radius 2 is 1.90 bits per heavy atom. The van der Waals surface area contributed by atoms with E-state index >= 15 is 0 Å². The van der Waals surface area contributed by atoms with E-state index < -0.39 is 48.1 Å². The van der Waals surface area contributed by atoms with Crippen LogP contribution in [0.25, 0.3) is 0 Å². The van der Waals surface area contributed by atoms with Gasteiger partial charge in [0.1, 0.15) is 17.8 Å². The number of hydrogen-bond donors (Lipinski definition) is 4. The molecule has 1 aliphatic rings. The molecule has 0 radical (unpaired) electrons. The molecule has 0 amide bonds. The molecule has 4 N–H and O–H groups in total. The highest BCUT2D eigenvalue weighted by atomic mass is 127. The van der Waals surface area contributed by atoms with Gasteiger partial charge in [0.05, 0.1) is 24.7 Å². The first-order valence-electron chi connectivity index (χ1n) is 13.9. The molecule has 0 bridgehead atoms. The van der Waals surface area contributed by atoms with E-state index in [1.54, 1.807) is 19.1 Å². The molecule has 1 heterocycles. The van der Waals surface area contributed by atoms with Gasteiger partial charge in [-0.2, -0.15) is 0 Å². The summed E-state index contributed by atoms with van der Waals surface area (Å²) in [5.41, 5.74) is -0.641. The fourth-order valence-electron chi connectivity index (χ4n) is 4.65. The Kier molecular flexibility index (Phi) is 15.5. The first kappa shape index (κ1) is 35.8. The van der Waals surface area contributed by atoms with E-state index in [0.29, 0.717) is 12.8 Å². The quantitative estimate of drug-likeness (QED) is 0.0888. The van der Waals surface area contributed by atoms with Gasteiger partial charge >= 0.3 is 11.9 Å². The lowest BCUT2D eigenvalue weighted by Gasteiger charge is -2.32. The van der Waals surface area contributed by atoms with E-state index in [1.807, 2.05) is 52.8 Å². The maximum atomic E-state index is 12.6. The van der Waals surface area contributed by atoms with E-state index in [-0.39, 0.29) is 40.9 Å². The van der Waals surface area contributed by atoms with Gasteiger partial charge < -0.3 is 29.9 Å². The van der Waals surface area contributed by atoms with Crippen LogP contribution in [0, 0.1) is 17.8 Å². The van der Waals surface area contributed by atoms with Crippen molar-refractivity contribution >= 4 is 34.5 Å². The number of hydrogen-bond acceptors (Lipinski definition) is 8. The summed E-state index contributed by atoms with van der Waals surface area (Å²) in [5.74, 6) is -1.32. The number of alkyl halides is 1. The van der Waals surface area contributed by atoms with Crippen LogP contribution >= 0.6 is 22.6 Å². The van der Waals surface area contributed by atoms with Crippen LogP contribution in [0.4, 0.5) is 0 Å². The van der Waals surface area contributed by atoms with Crippen LogP contribution in [-0.4, -0.2) is 72.4 Å². The number of aliphatic hydroxyl groups is 4. The van der Waals surface area contributed by atoms with Crippen LogP contribution in [0.3, 0.4) is 0 Å². The lowest BCUT2D eigenvalue weighted by molar-refractivity contribution is -0.157. The summed E-state index contributed by atoms with van der Waals surface area (Å²) < 4.78 is 11.1. The minimum Gasteiger partial charge on any atom is -0.457 e. The number of carbonyl (C=O) groups is 2. The van der Waals surface area contributed by atoms with E-state index in [4.69, 9.17) is 9.47 Å². The minimum atomic E-state index is -1.42. The van der Waals surface area contributed by atoms with Crippen molar-refractivity contribution in [1.29, 1.82) is 0 Å². The summed E-state index contributed by atoms with van der Waals surface area (Å²) in [6.07, 6.45) is 6.81. The van der Waals surface area contributed by atoms with Crippen LogP contribution in [0.15, 0.2) is 36.0 Å².